The molecule has 1 aromatic heterocycles. The Morgan fingerprint density at radius 3 is 2.71 bits per heavy atom. The van der Waals surface area contributed by atoms with Crippen LogP contribution in [-0.4, -0.2) is 40.6 Å². The summed E-state index contributed by atoms with van der Waals surface area (Å²) in [5, 5.41) is 17.5. The molecule has 1 unspecified atom stereocenters. The van der Waals surface area contributed by atoms with Crippen molar-refractivity contribution in [3.63, 3.8) is 0 Å². The lowest BCUT2D eigenvalue weighted by Crippen LogP contribution is -2.32. The van der Waals surface area contributed by atoms with Gasteiger partial charge in [0.05, 0.1) is 4.92 Å². The van der Waals surface area contributed by atoms with Crippen molar-refractivity contribution in [1.29, 1.82) is 0 Å². The lowest BCUT2D eigenvalue weighted by Gasteiger charge is -2.19. The molecule has 11 heteroatoms. The molecule has 2 aromatic rings. The van der Waals surface area contributed by atoms with E-state index in [1.165, 1.54) is 6.07 Å². The summed E-state index contributed by atoms with van der Waals surface area (Å²) in [6.07, 6.45) is 3.94. The highest BCUT2D eigenvalue weighted by Gasteiger charge is 2.24. The zero-order valence-electron chi connectivity index (χ0n) is 17.6. The van der Waals surface area contributed by atoms with Crippen molar-refractivity contribution in [3.8, 4) is 0 Å². The van der Waals surface area contributed by atoms with Crippen molar-refractivity contribution in [2.45, 2.75) is 45.6 Å². The summed E-state index contributed by atoms with van der Waals surface area (Å²) in [6.45, 7) is 6.93. The molecule has 0 aliphatic carbocycles. The van der Waals surface area contributed by atoms with E-state index in [1.807, 2.05) is 6.07 Å². The number of aryl methyl sites for hydroxylation is 1. The van der Waals surface area contributed by atoms with Crippen LogP contribution in [0.25, 0.3) is 0 Å². The van der Waals surface area contributed by atoms with E-state index in [9.17, 15) is 14.5 Å². The number of nitro groups is 1. The monoisotopic (exact) mass is 474 g/mol. The minimum atomic E-state index is -0.870. The Kier molecular flexibility index (Phi) is 10.9. The largest absolute Gasteiger partial charge is 0.355 e. The van der Waals surface area contributed by atoms with E-state index in [0.29, 0.717) is 17.7 Å². The Morgan fingerprint density at radius 2 is 2.03 bits per heavy atom. The number of unbranched alkanes of at least 4 members (excludes halogenated alkanes) is 1. The van der Waals surface area contributed by atoms with Gasteiger partial charge in [0, 0.05) is 42.6 Å². The molecule has 1 fully saturated rings. The molecule has 3 rings (SSSR count). The average molecular weight is 475 g/mol. The highest BCUT2D eigenvalue weighted by Crippen LogP contribution is 2.26. The lowest BCUT2D eigenvalue weighted by atomic mass is 10.2. The van der Waals surface area contributed by atoms with Crippen molar-refractivity contribution in [2.24, 2.45) is 0 Å². The van der Waals surface area contributed by atoms with Crippen LogP contribution in [0.15, 0.2) is 24.3 Å². The molecular weight excluding hydrogens is 446 g/mol. The van der Waals surface area contributed by atoms with Crippen LogP contribution in [-0.2, 0) is 6.42 Å². The second kappa shape index (κ2) is 12.6. The van der Waals surface area contributed by atoms with Crippen LogP contribution in [0, 0.1) is 15.9 Å². The predicted molar refractivity (Wildman–Crippen MR) is 126 cm³/mol. The Labute approximate surface area is 194 Å². The number of rotatable bonds is 9. The highest BCUT2D eigenvalue weighted by atomic mass is 35.5. The fourth-order valence-corrected chi connectivity index (χ4v) is 3.47. The predicted octanol–water partition coefficient (Wildman–Crippen LogP) is 4.64. The number of nitrogens with zero attached hydrogens (tertiary/aromatic N) is 4. The number of aromatic nitrogens is 2. The summed E-state index contributed by atoms with van der Waals surface area (Å²) in [7, 11) is 0. The molecule has 8 nitrogen and oxygen atoms in total. The molecule has 1 aliphatic rings. The average Bonchev–Trinajstić information content (AvgIpc) is 3.16. The highest BCUT2D eigenvalue weighted by molar-refractivity contribution is 5.85. The molecule has 0 spiro atoms. The van der Waals surface area contributed by atoms with Crippen LogP contribution in [0.5, 0.6) is 0 Å². The van der Waals surface area contributed by atoms with Crippen LogP contribution in [0.4, 0.5) is 27.5 Å². The molecule has 2 N–H and O–H groups in total. The first kappa shape index (κ1) is 26.8. The Bertz CT molecular complexity index is 874. The summed E-state index contributed by atoms with van der Waals surface area (Å²) in [6, 6.07) is 6.13. The van der Waals surface area contributed by atoms with E-state index in [-0.39, 0.29) is 24.8 Å². The molecule has 1 atom stereocenters. The first-order valence-corrected chi connectivity index (χ1v) is 10.1. The molecule has 1 saturated heterocycles. The van der Waals surface area contributed by atoms with Gasteiger partial charge in [0.1, 0.15) is 5.82 Å². The molecule has 1 aliphatic heterocycles. The van der Waals surface area contributed by atoms with Gasteiger partial charge in [-0.25, -0.2) is 4.98 Å². The normalized spacial score (nSPS) is 15.2. The van der Waals surface area contributed by atoms with Crippen molar-refractivity contribution in [2.75, 3.05) is 29.9 Å². The summed E-state index contributed by atoms with van der Waals surface area (Å²) in [5.41, 5.74) is 0.719. The van der Waals surface area contributed by atoms with E-state index in [1.54, 1.807) is 0 Å². The van der Waals surface area contributed by atoms with Gasteiger partial charge in [-0.1, -0.05) is 20.3 Å². The van der Waals surface area contributed by atoms with Gasteiger partial charge >= 0.3 is 5.69 Å². The third-order valence-corrected chi connectivity index (χ3v) is 4.96. The van der Waals surface area contributed by atoms with Crippen LogP contribution in [0.3, 0.4) is 0 Å². The number of nitro benzene ring substituents is 1. The fraction of sp³-hybridized carbons (Fsp3) is 0.500. The zero-order valence-corrected chi connectivity index (χ0v) is 19.3. The minimum absolute atomic E-state index is 0. The smallest absolute Gasteiger partial charge is 0.306 e. The first-order chi connectivity index (χ1) is 14.0. The summed E-state index contributed by atoms with van der Waals surface area (Å²) >= 11 is 0. The maximum Gasteiger partial charge on any atom is 0.306 e. The van der Waals surface area contributed by atoms with E-state index in [2.05, 4.69) is 39.3 Å². The SMILES string of the molecule is CCCCc1cc(N2CCC(NCC)C2)nc(Nc2ccc(F)c([N+](=O)[O-])c2)n1.Cl.Cl. The summed E-state index contributed by atoms with van der Waals surface area (Å²) in [4.78, 5) is 21.7. The third kappa shape index (κ3) is 7.15. The van der Waals surface area contributed by atoms with Gasteiger partial charge in [0.15, 0.2) is 0 Å². The molecule has 2 heterocycles. The maximum absolute atomic E-state index is 13.6. The number of benzene rings is 1. The molecule has 0 amide bonds. The molecule has 31 heavy (non-hydrogen) atoms. The summed E-state index contributed by atoms with van der Waals surface area (Å²) < 4.78 is 13.6. The first-order valence-electron chi connectivity index (χ1n) is 10.1. The quantitative estimate of drug-likeness (QED) is 0.403. The molecule has 0 bridgehead atoms. The van der Waals surface area contributed by atoms with Gasteiger partial charge in [-0.2, -0.15) is 9.37 Å². The van der Waals surface area contributed by atoms with Gasteiger partial charge in [-0.05, 0) is 37.9 Å². The second-order valence-corrected chi connectivity index (χ2v) is 7.18. The molecule has 1 aromatic carbocycles. The van der Waals surface area contributed by atoms with Crippen molar-refractivity contribution < 1.29 is 9.31 Å². The molecular formula is C20H29Cl2FN6O2. The van der Waals surface area contributed by atoms with E-state index in [0.717, 1.165) is 69.0 Å². The molecule has 0 radical (unpaired) electrons. The Morgan fingerprint density at radius 1 is 1.26 bits per heavy atom. The van der Waals surface area contributed by atoms with E-state index < -0.39 is 16.4 Å². The van der Waals surface area contributed by atoms with Crippen LogP contribution < -0.4 is 15.5 Å². The van der Waals surface area contributed by atoms with Crippen LogP contribution in [0.2, 0.25) is 0 Å². The van der Waals surface area contributed by atoms with Crippen molar-refractivity contribution >= 4 is 48.0 Å². The number of anilines is 3. The van der Waals surface area contributed by atoms with Gasteiger partial charge in [-0.15, -0.1) is 24.8 Å². The minimum Gasteiger partial charge on any atom is -0.355 e. The zero-order chi connectivity index (χ0) is 20.8. The number of hydrogen-bond donors (Lipinski definition) is 2. The molecule has 0 saturated carbocycles. The Hall–Kier alpha value is -2.23. The van der Waals surface area contributed by atoms with E-state index >= 15 is 0 Å². The lowest BCUT2D eigenvalue weighted by molar-refractivity contribution is -0.387. The maximum atomic E-state index is 13.6. The van der Waals surface area contributed by atoms with Gasteiger partial charge < -0.3 is 15.5 Å². The fourth-order valence-electron chi connectivity index (χ4n) is 3.47. The van der Waals surface area contributed by atoms with Crippen molar-refractivity contribution in [3.05, 3.63) is 45.9 Å². The van der Waals surface area contributed by atoms with Gasteiger partial charge in [0.25, 0.3) is 0 Å². The third-order valence-electron chi connectivity index (χ3n) is 4.96. The second-order valence-electron chi connectivity index (χ2n) is 7.18. The Balaban J connectivity index is 0.00000240. The summed E-state index contributed by atoms with van der Waals surface area (Å²) in [5.74, 6) is 0.331. The number of nitrogens with one attached hydrogen (secondary N) is 2. The topological polar surface area (TPSA) is 96.2 Å². The number of hydrogen-bond acceptors (Lipinski definition) is 7. The van der Waals surface area contributed by atoms with Crippen LogP contribution >= 0.6 is 24.8 Å². The van der Waals surface area contributed by atoms with Gasteiger partial charge in [0.2, 0.25) is 11.8 Å². The number of likely N-dealkylation sites (N-methyl/N-ethyl adjacent to an activating group) is 1. The van der Waals surface area contributed by atoms with Gasteiger partial charge in [-0.3, -0.25) is 10.1 Å². The van der Waals surface area contributed by atoms with Crippen LogP contribution in [0.1, 0.15) is 38.8 Å². The standard InChI is InChI=1S/C20H27FN6O2.2ClH/c1-3-5-6-14-12-19(26-10-9-16(13-26)22-4-2)25-20(23-14)24-15-7-8-17(21)18(11-15)27(28)29;;/h7-8,11-12,16,22H,3-6,9-10,13H2,1-2H3,(H,23,24,25);2*1H. The van der Waals surface area contributed by atoms with E-state index in [4.69, 9.17) is 0 Å². The van der Waals surface area contributed by atoms with Crippen molar-refractivity contribution in [1.82, 2.24) is 15.3 Å². The molecule has 172 valence electrons. The number of halogens is 3.